The third kappa shape index (κ3) is 3.13. The van der Waals surface area contributed by atoms with Gasteiger partial charge in [-0.3, -0.25) is 9.59 Å². The molecule has 1 aromatic carbocycles. The first-order valence-electron chi connectivity index (χ1n) is 8.86. The number of carbonyl (C=O) groups is 3. The molecule has 2 amide bonds. The highest BCUT2D eigenvalue weighted by Gasteiger charge is 2.45. The van der Waals surface area contributed by atoms with E-state index >= 15 is 0 Å². The zero-order valence-electron chi connectivity index (χ0n) is 14.6. The van der Waals surface area contributed by atoms with Crippen molar-refractivity contribution in [2.45, 2.75) is 57.7 Å². The van der Waals surface area contributed by atoms with Crippen LogP contribution in [0.5, 0.6) is 0 Å². The zero-order chi connectivity index (χ0) is 18.1. The van der Waals surface area contributed by atoms with Crippen LogP contribution in [0.3, 0.4) is 0 Å². The van der Waals surface area contributed by atoms with Gasteiger partial charge in [-0.05, 0) is 23.5 Å². The summed E-state index contributed by atoms with van der Waals surface area (Å²) in [4.78, 5) is 38.4. The molecule has 25 heavy (non-hydrogen) atoms. The van der Waals surface area contributed by atoms with Crippen molar-refractivity contribution in [1.29, 1.82) is 0 Å². The summed E-state index contributed by atoms with van der Waals surface area (Å²) in [6.45, 7) is 3.70. The summed E-state index contributed by atoms with van der Waals surface area (Å²) < 4.78 is 0. The van der Waals surface area contributed by atoms with Gasteiger partial charge in [-0.15, -0.1) is 0 Å². The van der Waals surface area contributed by atoms with Gasteiger partial charge in [-0.1, -0.05) is 44.5 Å². The third-order valence-electron chi connectivity index (χ3n) is 5.50. The Labute approximate surface area is 147 Å². The molecule has 0 radical (unpaired) electrons. The quantitative estimate of drug-likeness (QED) is 0.854. The molecule has 6 nitrogen and oxygen atoms in total. The molecular formula is C19H24N2O4. The van der Waals surface area contributed by atoms with E-state index < -0.39 is 18.1 Å². The average Bonchev–Trinajstić information content (AvgIpc) is 3.00. The molecule has 4 atom stereocenters. The summed E-state index contributed by atoms with van der Waals surface area (Å²) in [5, 5.41) is 12.1. The van der Waals surface area contributed by atoms with Crippen molar-refractivity contribution >= 4 is 17.8 Å². The summed E-state index contributed by atoms with van der Waals surface area (Å²) in [7, 11) is 0. The molecule has 0 bridgehead atoms. The molecule has 2 aliphatic heterocycles. The van der Waals surface area contributed by atoms with E-state index in [-0.39, 0.29) is 23.8 Å². The smallest absolute Gasteiger partial charge is 0.326 e. The highest BCUT2D eigenvalue weighted by Crippen LogP contribution is 2.41. The molecule has 6 heteroatoms. The van der Waals surface area contributed by atoms with Crippen molar-refractivity contribution in [2.24, 2.45) is 5.92 Å². The van der Waals surface area contributed by atoms with Crippen molar-refractivity contribution in [3.05, 3.63) is 35.4 Å². The molecule has 0 unspecified atom stereocenters. The fourth-order valence-electron chi connectivity index (χ4n) is 3.90. The second-order valence-corrected chi connectivity index (χ2v) is 6.98. The third-order valence-corrected chi connectivity index (χ3v) is 5.50. The first-order chi connectivity index (χ1) is 11.9. The average molecular weight is 344 g/mol. The molecule has 1 fully saturated rings. The van der Waals surface area contributed by atoms with Gasteiger partial charge in [0.05, 0.1) is 6.04 Å². The second kappa shape index (κ2) is 6.86. The number of fused-ring (bicyclic) bond motifs is 3. The lowest BCUT2D eigenvalue weighted by atomic mass is 9.88. The highest BCUT2D eigenvalue weighted by atomic mass is 16.4. The van der Waals surface area contributed by atoms with Crippen molar-refractivity contribution in [3.8, 4) is 0 Å². The number of carbonyl (C=O) groups excluding carboxylic acids is 2. The lowest BCUT2D eigenvalue weighted by Gasteiger charge is -2.39. The largest absolute Gasteiger partial charge is 0.480 e. The number of amides is 2. The molecule has 1 aromatic rings. The van der Waals surface area contributed by atoms with Crippen molar-refractivity contribution < 1.29 is 19.5 Å². The van der Waals surface area contributed by atoms with Crippen LogP contribution in [0.1, 0.15) is 50.3 Å². The van der Waals surface area contributed by atoms with E-state index in [1.807, 2.05) is 31.2 Å². The van der Waals surface area contributed by atoms with Gasteiger partial charge in [0.1, 0.15) is 12.1 Å². The van der Waals surface area contributed by atoms with Crippen LogP contribution in [-0.2, 0) is 20.8 Å². The van der Waals surface area contributed by atoms with Gasteiger partial charge in [0.2, 0.25) is 11.8 Å². The van der Waals surface area contributed by atoms with E-state index in [0.717, 1.165) is 11.1 Å². The van der Waals surface area contributed by atoms with Crippen LogP contribution in [0.25, 0.3) is 0 Å². The minimum Gasteiger partial charge on any atom is -0.480 e. The van der Waals surface area contributed by atoms with Crippen LogP contribution in [0.4, 0.5) is 0 Å². The fourth-order valence-corrected chi connectivity index (χ4v) is 3.90. The predicted molar refractivity (Wildman–Crippen MR) is 91.8 cm³/mol. The minimum atomic E-state index is -1.04. The van der Waals surface area contributed by atoms with Gasteiger partial charge in [0, 0.05) is 12.8 Å². The highest BCUT2D eigenvalue weighted by molar-refractivity contribution is 5.92. The van der Waals surface area contributed by atoms with Crippen LogP contribution in [0.2, 0.25) is 0 Å². The number of aliphatic carboxylic acids is 1. The molecule has 2 heterocycles. The molecule has 2 N–H and O–H groups in total. The van der Waals surface area contributed by atoms with E-state index in [1.54, 1.807) is 11.8 Å². The van der Waals surface area contributed by atoms with Crippen molar-refractivity contribution in [3.63, 3.8) is 0 Å². The standard InChI is InChI=1S/C19H24N2O4/c1-3-11(2)17(19(24)25)20-18(23)15-10-12-6-4-5-7-13(12)14-8-9-16(22)21(14)15/h4-7,11,14-15,17H,3,8-10H2,1-2H3,(H,20,23)(H,24,25)/t11-,14+,15-,17-/m0/s1. The number of carboxylic acid groups (broad SMARTS) is 1. The molecule has 2 aliphatic rings. The second-order valence-electron chi connectivity index (χ2n) is 6.98. The van der Waals surface area contributed by atoms with Crippen molar-refractivity contribution in [1.82, 2.24) is 10.2 Å². The van der Waals surface area contributed by atoms with Gasteiger partial charge in [-0.2, -0.15) is 0 Å². The van der Waals surface area contributed by atoms with Gasteiger partial charge >= 0.3 is 5.97 Å². The maximum Gasteiger partial charge on any atom is 0.326 e. The first-order valence-corrected chi connectivity index (χ1v) is 8.86. The van der Waals surface area contributed by atoms with Crippen LogP contribution in [-0.4, -0.2) is 39.9 Å². The van der Waals surface area contributed by atoms with Crippen LogP contribution < -0.4 is 5.32 Å². The number of nitrogens with one attached hydrogen (secondary N) is 1. The van der Waals surface area contributed by atoms with E-state index in [1.165, 1.54) is 0 Å². The Bertz CT molecular complexity index is 702. The molecular weight excluding hydrogens is 320 g/mol. The Morgan fingerprint density at radius 3 is 2.76 bits per heavy atom. The minimum absolute atomic E-state index is 0.0323. The summed E-state index contributed by atoms with van der Waals surface area (Å²) in [6.07, 6.45) is 2.21. The monoisotopic (exact) mass is 344 g/mol. The Hall–Kier alpha value is -2.37. The lowest BCUT2D eigenvalue weighted by Crippen LogP contribution is -2.56. The maximum absolute atomic E-state index is 12.9. The summed E-state index contributed by atoms with van der Waals surface area (Å²) in [5.74, 6) is -1.62. The molecule has 3 rings (SSSR count). The van der Waals surface area contributed by atoms with E-state index in [0.29, 0.717) is 25.7 Å². The number of carboxylic acids is 1. The number of hydrogen-bond donors (Lipinski definition) is 2. The Morgan fingerprint density at radius 1 is 1.36 bits per heavy atom. The summed E-state index contributed by atoms with van der Waals surface area (Å²) in [5.41, 5.74) is 2.17. The summed E-state index contributed by atoms with van der Waals surface area (Å²) >= 11 is 0. The van der Waals surface area contributed by atoms with Crippen LogP contribution >= 0.6 is 0 Å². The molecule has 0 saturated carbocycles. The van der Waals surface area contributed by atoms with Gasteiger partial charge < -0.3 is 15.3 Å². The first kappa shape index (κ1) is 17.5. The SMILES string of the molecule is CC[C@H](C)[C@H](NC(=O)[C@@H]1Cc2ccccc2[C@H]2CCC(=O)N21)C(=O)O. The molecule has 1 saturated heterocycles. The number of nitrogens with zero attached hydrogens (tertiary/aromatic N) is 1. The number of hydrogen-bond acceptors (Lipinski definition) is 3. The lowest BCUT2D eigenvalue weighted by molar-refractivity contribution is -0.146. The topological polar surface area (TPSA) is 86.7 Å². The Balaban J connectivity index is 1.87. The van der Waals surface area contributed by atoms with Gasteiger partial charge in [-0.25, -0.2) is 4.79 Å². The van der Waals surface area contributed by atoms with E-state index in [2.05, 4.69) is 5.32 Å². The number of benzene rings is 1. The Morgan fingerprint density at radius 2 is 2.08 bits per heavy atom. The molecule has 0 spiro atoms. The zero-order valence-corrected chi connectivity index (χ0v) is 14.6. The Kier molecular flexibility index (Phi) is 4.79. The normalized spacial score (nSPS) is 24.2. The summed E-state index contributed by atoms with van der Waals surface area (Å²) in [6, 6.07) is 6.22. The molecule has 0 aliphatic carbocycles. The van der Waals surface area contributed by atoms with E-state index in [9.17, 15) is 19.5 Å². The van der Waals surface area contributed by atoms with Gasteiger partial charge in [0.15, 0.2) is 0 Å². The molecule has 134 valence electrons. The fraction of sp³-hybridized carbons (Fsp3) is 0.526. The van der Waals surface area contributed by atoms with Crippen molar-refractivity contribution in [2.75, 3.05) is 0 Å². The van der Waals surface area contributed by atoms with Crippen LogP contribution in [0, 0.1) is 5.92 Å². The van der Waals surface area contributed by atoms with Crippen LogP contribution in [0.15, 0.2) is 24.3 Å². The predicted octanol–water partition coefficient (Wildman–Crippen LogP) is 1.89. The van der Waals surface area contributed by atoms with E-state index in [4.69, 9.17) is 0 Å². The molecule has 0 aromatic heterocycles. The number of rotatable bonds is 5. The van der Waals surface area contributed by atoms with Gasteiger partial charge in [0.25, 0.3) is 0 Å². The maximum atomic E-state index is 12.9.